The number of aromatic nitrogens is 1. The summed E-state index contributed by atoms with van der Waals surface area (Å²) in [5.74, 6) is -0.577. The van der Waals surface area contributed by atoms with Crippen molar-refractivity contribution in [2.24, 2.45) is 0 Å². The molecule has 4 rings (SSSR count). The second kappa shape index (κ2) is 13.5. The van der Waals surface area contributed by atoms with Gasteiger partial charge in [0.1, 0.15) is 11.2 Å². The highest BCUT2D eigenvalue weighted by Crippen LogP contribution is 2.29. The third-order valence-electron chi connectivity index (χ3n) is 6.45. The largest absolute Gasteiger partial charge is 0.462 e. The molecule has 0 spiro atoms. The fourth-order valence-corrected chi connectivity index (χ4v) is 4.62. The van der Waals surface area contributed by atoms with Crippen LogP contribution in [0.1, 0.15) is 63.8 Å². The van der Waals surface area contributed by atoms with Gasteiger partial charge in [0.05, 0.1) is 0 Å². The van der Waals surface area contributed by atoms with E-state index in [1.165, 1.54) is 22.6 Å². The lowest BCUT2D eigenvalue weighted by molar-refractivity contribution is -0.138. The number of fused-ring (bicyclic) bond motifs is 2. The summed E-state index contributed by atoms with van der Waals surface area (Å²) in [6.07, 6.45) is 6.84. The molecule has 0 bridgehead atoms. The number of hydrogen-bond acceptors (Lipinski definition) is 6. The lowest BCUT2D eigenvalue weighted by Gasteiger charge is -2.31. The molecule has 9 nitrogen and oxygen atoms in total. The van der Waals surface area contributed by atoms with Crippen molar-refractivity contribution in [1.29, 1.82) is 0 Å². The first kappa shape index (κ1) is 31.4. The van der Waals surface area contributed by atoms with E-state index in [1.807, 2.05) is 89.0 Å². The summed E-state index contributed by atoms with van der Waals surface area (Å²) in [6, 6.07) is 14.2. The monoisotopic (exact) mass is 563 g/mol. The van der Waals surface area contributed by atoms with Gasteiger partial charge in [-0.15, -0.1) is 0 Å². The quantitative estimate of drug-likeness (QED) is 0.149. The van der Waals surface area contributed by atoms with Crippen LogP contribution in [-0.4, -0.2) is 57.4 Å². The van der Waals surface area contributed by atoms with E-state index in [-0.39, 0.29) is 17.7 Å². The first-order chi connectivity index (χ1) is 19.3. The number of nitrogens with one attached hydrogen (secondary N) is 2. The highest BCUT2D eigenvalue weighted by Gasteiger charge is 2.32. The number of rotatable bonds is 7. The molecule has 41 heavy (non-hydrogen) atoms. The molecule has 0 saturated heterocycles. The second-order valence-electron chi connectivity index (χ2n) is 12.0. The Labute approximate surface area is 241 Å². The van der Waals surface area contributed by atoms with Gasteiger partial charge in [-0.25, -0.2) is 10.3 Å². The summed E-state index contributed by atoms with van der Waals surface area (Å²) >= 11 is 0. The van der Waals surface area contributed by atoms with Crippen molar-refractivity contribution in [3.05, 3.63) is 77.0 Å². The van der Waals surface area contributed by atoms with Gasteiger partial charge in [0.25, 0.3) is 12.4 Å². The number of H-pyrrole nitrogens is 1. The van der Waals surface area contributed by atoms with Crippen LogP contribution in [-0.2, 0) is 38.3 Å². The maximum absolute atomic E-state index is 13.2. The minimum atomic E-state index is -0.577. The average Bonchev–Trinajstić information content (AvgIpc) is 3.50. The molecule has 0 radical (unpaired) electrons. The van der Waals surface area contributed by atoms with Crippen LogP contribution in [0.25, 0.3) is 17.0 Å². The maximum Gasteiger partial charge on any atom is 0.410 e. The predicted octanol–water partition coefficient (Wildman–Crippen LogP) is 5.59. The number of carbonyl (C=O) groups excluding carboxylic acids is 3. The zero-order valence-corrected chi connectivity index (χ0v) is 24.7. The molecule has 1 unspecified atom stereocenters. The molecule has 1 heterocycles. The fraction of sp³-hybridized carbons (Fsp3) is 0.406. The van der Waals surface area contributed by atoms with Gasteiger partial charge in [-0.2, -0.15) is 0 Å². The molecule has 0 saturated carbocycles. The van der Waals surface area contributed by atoms with Gasteiger partial charge in [0.15, 0.2) is 0 Å². The first-order valence-electron chi connectivity index (χ1n) is 13.7. The Bertz CT molecular complexity index is 1380. The van der Waals surface area contributed by atoms with E-state index < -0.39 is 11.5 Å². The van der Waals surface area contributed by atoms with Gasteiger partial charge in [-0.05, 0) is 95.2 Å². The van der Waals surface area contributed by atoms with Gasteiger partial charge in [-0.3, -0.25) is 14.8 Å². The summed E-state index contributed by atoms with van der Waals surface area (Å²) in [6.45, 7) is 12.1. The molecular formula is C32H41N3O6. The number of aromatic amines is 1. The van der Waals surface area contributed by atoms with Crippen LogP contribution >= 0.6 is 0 Å². The summed E-state index contributed by atoms with van der Waals surface area (Å²) in [7, 11) is 0. The Hall–Kier alpha value is -4.11. The van der Waals surface area contributed by atoms with Crippen molar-refractivity contribution in [3.8, 4) is 0 Å². The minimum Gasteiger partial charge on any atom is -0.462 e. The van der Waals surface area contributed by atoms with Crippen LogP contribution in [0.4, 0.5) is 4.79 Å². The van der Waals surface area contributed by atoms with Gasteiger partial charge in [-0.1, -0.05) is 36.4 Å². The molecule has 0 aliphatic heterocycles. The van der Waals surface area contributed by atoms with Crippen LogP contribution in [0.15, 0.2) is 54.7 Å². The SMILES string of the molecule is CC(C)(C)OC(=O)N(CCc1c[nH]c2ccccc12)C1Cc2ccc(/C=C/C(=O)NO)cc2C1.CC(C)(C)OC=O. The lowest BCUT2D eigenvalue weighted by atomic mass is 10.1. The number of amides is 2. The van der Waals surface area contributed by atoms with E-state index in [4.69, 9.17) is 9.94 Å². The molecule has 0 fully saturated rings. The Balaban J connectivity index is 0.000000587. The fourth-order valence-electron chi connectivity index (χ4n) is 4.62. The number of para-hydroxylation sites is 1. The Morgan fingerprint density at radius 2 is 1.76 bits per heavy atom. The van der Waals surface area contributed by atoms with E-state index in [9.17, 15) is 14.4 Å². The third kappa shape index (κ3) is 9.49. The zero-order valence-electron chi connectivity index (χ0n) is 24.7. The number of carbonyl (C=O) groups is 3. The molecule has 2 aromatic carbocycles. The average molecular weight is 564 g/mol. The normalized spacial score (nSPS) is 14.7. The summed E-state index contributed by atoms with van der Waals surface area (Å²) in [5, 5.41) is 9.84. The van der Waals surface area contributed by atoms with Crippen molar-refractivity contribution in [2.75, 3.05) is 6.54 Å². The van der Waals surface area contributed by atoms with Crippen molar-refractivity contribution in [1.82, 2.24) is 15.4 Å². The van der Waals surface area contributed by atoms with Gasteiger partial charge in [0.2, 0.25) is 0 Å². The Kier molecular flexibility index (Phi) is 10.3. The topological polar surface area (TPSA) is 121 Å². The lowest BCUT2D eigenvalue weighted by Crippen LogP contribution is -2.45. The molecule has 1 aliphatic rings. The molecule has 3 aromatic rings. The molecular weight excluding hydrogens is 522 g/mol. The van der Waals surface area contributed by atoms with Crippen LogP contribution < -0.4 is 5.48 Å². The highest BCUT2D eigenvalue weighted by atomic mass is 16.6. The molecule has 3 N–H and O–H groups in total. The van der Waals surface area contributed by atoms with Crippen LogP contribution in [0.5, 0.6) is 0 Å². The Morgan fingerprint density at radius 3 is 2.39 bits per heavy atom. The number of ether oxygens (including phenoxy) is 2. The highest BCUT2D eigenvalue weighted by molar-refractivity contribution is 5.90. The molecule has 9 heteroatoms. The van der Waals surface area contributed by atoms with Crippen molar-refractivity contribution < 1.29 is 29.1 Å². The molecule has 220 valence electrons. The number of benzene rings is 2. The van der Waals surface area contributed by atoms with Crippen molar-refractivity contribution in [2.45, 2.75) is 78.0 Å². The van der Waals surface area contributed by atoms with E-state index in [0.717, 1.165) is 35.9 Å². The first-order valence-corrected chi connectivity index (χ1v) is 13.7. The third-order valence-corrected chi connectivity index (χ3v) is 6.45. The molecule has 2 amide bonds. The molecule has 1 atom stereocenters. The summed E-state index contributed by atoms with van der Waals surface area (Å²) in [5.41, 5.74) is 6.17. The summed E-state index contributed by atoms with van der Waals surface area (Å²) in [4.78, 5) is 39.3. The van der Waals surface area contributed by atoms with E-state index in [0.29, 0.717) is 13.0 Å². The van der Waals surface area contributed by atoms with Crippen LogP contribution in [0, 0.1) is 0 Å². The molecule has 1 aliphatic carbocycles. The van der Waals surface area contributed by atoms with E-state index >= 15 is 0 Å². The van der Waals surface area contributed by atoms with E-state index in [1.54, 1.807) is 11.6 Å². The van der Waals surface area contributed by atoms with Crippen molar-refractivity contribution >= 4 is 35.5 Å². The Morgan fingerprint density at radius 1 is 1.05 bits per heavy atom. The van der Waals surface area contributed by atoms with Crippen molar-refractivity contribution in [3.63, 3.8) is 0 Å². The number of hydroxylamine groups is 1. The maximum atomic E-state index is 13.2. The molecule has 1 aromatic heterocycles. The van der Waals surface area contributed by atoms with Crippen LogP contribution in [0.2, 0.25) is 0 Å². The standard InChI is InChI=1S/C27H31N3O4.C5H10O2/c1-27(2,3)34-26(32)30(13-12-20-17-28-24-7-5-4-6-23(20)24)22-15-19-10-8-18(14-21(19)16-22)9-11-25(31)29-33;1-5(2,3)7-4-6/h4-11,14,17,22,28,33H,12-13,15-16H2,1-3H3,(H,29,31);4H,1-3H3/b11-9+;. The summed E-state index contributed by atoms with van der Waals surface area (Å²) < 4.78 is 10.3. The number of hydrogen-bond donors (Lipinski definition) is 3. The smallest absolute Gasteiger partial charge is 0.410 e. The second-order valence-corrected chi connectivity index (χ2v) is 12.0. The van der Waals surface area contributed by atoms with Crippen LogP contribution in [0.3, 0.4) is 0 Å². The zero-order chi connectivity index (χ0) is 30.2. The van der Waals surface area contributed by atoms with Gasteiger partial charge >= 0.3 is 6.09 Å². The predicted molar refractivity (Wildman–Crippen MR) is 158 cm³/mol. The minimum absolute atomic E-state index is 0.00461. The van der Waals surface area contributed by atoms with Gasteiger partial charge < -0.3 is 19.4 Å². The van der Waals surface area contributed by atoms with Gasteiger partial charge in [0, 0.05) is 35.8 Å². The number of nitrogens with zero attached hydrogens (tertiary/aromatic N) is 1. The van der Waals surface area contributed by atoms with E-state index in [2.05, 4.69) is 15.8 Å².